The van der Waals surface area contributed by atoms with Gasteiger partial charge in [-0.05, 0) is 70.1 Å². The number of nitrogens with zero attached hydrogens (tertiary/aromatic N) is 5. The lowest BCUT2D eigenvalue weighted by Gasteiger charge is -2.38. The number of likely N-dealkylation sites (N-methyl/N-ethyl adjacent to an activating group) is 1. The van der Waals surface area contributed by atoms with E-state index >= 15 is 0 Å². The first kappa shape index (κ1) is 38.2. The Balaban J connectivity index is 0.000000679. The van der Waals surface area contributed by atoms with Gasteiger partial charge >= 0.3 is 18.2 Å². The zero-order valence-corrected chi connectivity index (χ0v) is 29.8. The number of carbonyl (C=O) groups excluding carboxylic acids is 2. The zero-order valence-electron chi connectivity index (χ0n) is 28.3. The van der Waals surface area contributed by atoms with Crippen LogP contribution in [0.3, 0.4) is 0 Å². The van der Waals surface area contributed by atoms with E-state index in [-0.39, 0.29) is 12.5 Å². The van der Waals surface area contributed by atoms with Crippen molar-refractivity contribution >= 4 is 73.5 Å². The van der Waals surface area contributed by atoms with E-state index in [9.17, 15) is 22.8 Å². The highest BCUT2D eigenvalue weighted by Crippen LogP contribution is 2.43. The average molecular weight is 760 g/mol. The molecule has 1 fully saturated rings. The van der Waals surface area contributed by atoms with Crippen LogP contribution in [0, 0.1) is 6.92 Å². The van der Waals surface area contributed by atoms with Crippen molar-refractivity contribution in [2.24, 2.45) is 0 Å². The van der Waals surface area contributed by atoms with Crippen LogP contribution in [0.4, 0.5) is 29.5 Å². The van der Waals surface area contributed by atoms with Crippen LogP contribution in [0.5, 0.6) is 0 Å². The molecule has 18 heteroatoms. The minimum Gasteiger partial charge on any atom is -0.475 e. The average Bonchev–Trinajstić information content (AvgIpc) is 3.73. The number of pyridine rings is 1. The second-order valence-corrected chi connectivity index (χ2v) is 13.7. The standard InChI is InChI=1S/C32H36ClN9O2S.C2HF3O2/c1-20-23(7-3-11-34-20)28-25-16-21(8-9-26(25)45-29(28)33)40-32(44)37-17-27(43)35-12-5-14-41(2)22-6-4-15-42(18-22)31-24-10-13-36-30(24)38-19-39-31;3-2(4,5)1(6)7/h3,7-11,13,16,19,22H,4-6,12,14-15,17-18H2,1-2H3,(H,35,43)(H,36,38,39)(H2,37,40,44);(H,6,7). The number of hydrogen-bond acceptors (Lipinski definition) is 9. The van der Waals surface area contributed by atoms with Crippen LogP contribution in [-0.2, 0) is 9.59 Å². The Kier molecular flexibility index (Phi) is 12.5. The molecular weight excluding hydrogens is 723 g/mol. The maximum Gasteiger partial charge on any atom is 0.490 e. The number of carboxylic acid groups (broad SMARTS) is 1. The molecule has 0 spiro atoms. The Morgan fingerprint density at radius 1 is 1.13 bits per heavy atom. The number of carboxylic acids is 1. The summed E-state index contributed by atoms with van der Waals surface area (Å²) in [6, 6.07) is 11.5. The van der Waals surface area contributed by atoms with Gasteiger partial charge in [0.15, 0.2) is 0 Å². The SMILES string of the molecule is Cc1ncccc1-c1c(Cl)sc2ccc(NC(=O)NCC(=O)NCCCN(C)C3CCCN(c4ncnc5[nH]ccc45)C3)cc12.O=C(O)C(F)(F)F. The predicted octanol–water partition coefficient (Wildman–Crippen LogP) is 6.06. The molecule has 1 saturated heterocycles. The topological polar surface area (TPSA) is 168 Å². The van der Waals surface area contributed by atoms with Gasteiger partial charge in [0.25, 0.3) is 0 Å². The highest BCUT2D eigenvalue weighted by molar-refractivity contribution is 7.23. The van der Waals surface area contributed by atoms with Crippen molar-refractivity contribution in [1.82, 2.24) is 35.5 Å². The second kappa shape index (κ2) is 17.0. The van der Waals surface area contributed by atoms with E-state index in [1.54, 1.807) is 12.5 Å². The molecule has 5 heterocycles. The van der Waals surface area contributed by atoms with Crippen molar-refractivity contribution in [1.29, 1.82) is 0 Å². The van der Waals surface area contributed by atoms with Gasteiger partial charge < -0.3 is 35.8 Å². The summed E-state index contributed by atoms with van der Waals surface area (Å²) in [6.07, 6.45) is 3.20. The fourth-order valence-electron chi connectivity index (χ4n) is 5.90. The molecule has 0 radical (unpaired) electrons. The van der Waals surface area contributed by atoms with Crippen LogP contribution >= 0.6 is 22.9 Å². The van der Waals surface area contributed by atoms with Gasteiger partial charge in [-0.25, -0.2) is 19.6 Å². The van der Waals surface area contributed by atoms with Crippen molar-refractivity contribution in [3.05, 3.63) is 65.1 Å². The van der Waals surface area contributed by atoms with E-state index in [1.807, 2.05) is 49.5 Å². The molecule has 6 rings (SSSR count). The molecule has 0 aliphatic carbocycles. The fraction of sp³-hybridized carbons (Fsp3) is 0.353. The third-order valence-electron chi connectivity index (χ3n) is 8.49. The molecule has 3 amide bonds. The van der Waals surface area contributed by atoms with Crippen LogP contribution in [0.15, 0.2) is 55.1 Å². The van der Waals surface area contributed by atoms with E-state index < -0.39 is 18.2 Å². The third kappa shape index (κ3) is 9.65. The largest absolute Gasteiger partial charge is 0.490 e. The Labute approximate surface area is 305 Å². The number of aryl methyl sites for hydroxylation is 1. The maximum atomic E-state index is 12.6. The minimum absolute atomic E-state index is 0.113. The molecule has 0 bridgehead atoms. The Hall–Kier alpha value is -5.00. The smallest absolute Gasteiger partial charge is 0.475 e. The lowest BCUT2D eigenvalue weighted by Crippen LogP contribution is -2.47. The number of alkyl halides is 3. The number of urea groups is 1. The molecule has 1 aliphatic heterocycles. The summed E-state index contributed by atoms with van der Waals surface area (Å²) in [4.78, 5) is 55.1. The summed E-state index contributed by atoms with van der Waals surface area (Å²) in [5.74, 6) is -2.01. The third-order valence-corrected chi connectivity index (χ3v) is 9.87. The Morgan fingerprint density at radius 2 is 1.92 bits per heavy atom. The number of anilines is 2. The lowest BCUT2D eigenvalue weighted by molar-refractivity contribution is -0.192. The number of piperidine rings is 1. The van der Waals surface area contributed by atoms with Gasteiger partial charge in [-0.2, -0.15) is 13.2 Å². The number of aliphatic carboxylic acids is 1. The normalized spacial score (nSPS) is 14.6. The van der Waals surface area contributed by atoms with E-state index in [4.69, 9.17) is 21.5 Å². The number of halogens is 4. The van der Waals surface area contributed by atoms with E-state index in [1.165, 1.54) is 11.3 Å². The van der Waals surface area contributed by atoms with Crippen molar-refractivity contribution in [3.63, 3.8) is 0 Å². The molecule has 276 valence electrons. The number of rotatable bonds is 10. The van der Waals surface area contributed by atoms with Crippen molar-refractivity contribution in [2.75, 3.05) is 50.0 Å². The van der Waals surface area contributed by atoms with Crippen LogP contribution in [0.2, 0.25) is 4.34 Å². The molecular formula is C34H37ClF3N9O4S. The molecule has 13 nitrogen and oxygen atoms in total. The number of nitrogens with one attached hydrogen (secondary N) is 4. The van der Waals surface area contributed by atoms with E-state index in [0.29, 0.717) is 22.6 Å². The number of carbonyl (C=O) groups is 3. The number of aromatic amines is 1. The number of H-pyrrole nitrogens is 1. The quantitative estimate of drug-likeness (QED) is 0.106. The molecule has 0 saturated carbocycles. The lowest BCUT2D eigenvalue weighted by atomic mass is 10.0. The molecule has 1 unspecified atom stereocenters. The van der Waals surface area contributed by atoms with Crippen LogP contribution in [-0.4, -0.2) is 99.8 Å². The summed E-state index contributed by atoms with van der Waals surface area (Å²) in [6.45, 7) is 5.09. The van der Waals surface area contributed by atoms with Gasteiger partial charge in [0, 0.05) is 70.7 Å². The Morgan fingerprint density at radius 3 is 2.67 bits per heavy atom. The molecule has 1 atom stereocenters. The highest BCUT2D eigenvalue weighted by Gasteiger charge is 2.38. The van der Waals surface area contributed by atoms with Gasteiger partial charge in [0.2, 0.25) is 5.91 Å². The van der Waals surface area contributed by atoms with Gasteiger partial charge in [0.1, 0.15) is 22.1 Å². The molecule has 5 aromatic rings. The number of hydrogen-bond donors (Lipinski definition) is 5. The summed E-state index contributed by atoms with van der Waals surface area (Å²) in [5, 5.41) is 17.5. The van der Waals surface area contributed by atoms with Crippen LogP contribution < -0.4 is 20.9 Å². The molecule has 52 heavy (non-hydrogen) atoms. The summed E-state index contributed by atoms with van der Waals surface area (Å²) < 4.78 is 33.4. The molecule has 4 aromatic heterocycles. The molecule has 5 N–H and O–H groups in total. The number of thiophene rings is 1. The monoisotopic (exact) mass is 759 g/mol. The minimum atomic E-state index is -5.08. The highest BCUT2D eigenvalue weighted by atomic mass is 35.5. The second-order valence-electron chi connectivity index (χ2n) is 12.1. The first-order valence-corrected chi connectivity index (χ1v) is 17.5. The summed E-state index contributed by atoms with van der Waals surface area (Å²) >= 11 is 8.09. The predicted molar refractivity (Wildman–Crippen MR) is 195 cm³/mol. The molecule has 1 aliphatic rings. The zero-order chi connectivity index (χ0) is 37.4. The van der Waals surface area contributed by atoms with Gasteiger partial charge in [-0.15, -0.1) is 11.3 Å². The van der Waals surface area contributed by atoms with E-state index in [0.717, 1.165) is 82.7 Å². The summed E-state index contributed by atoms with van der Waals surface area (Å²) in [7, 11) is 2.13. The Bertz CT molecular complexity index is 2040. The number of aromatic nitrogens is 4. The van der Waals surface area contributed by atoms with Gasteiger partial charge in [-0.1, -0.05) is 17.7 Å². The van der Waals surface area contributed by atoms with Gasteiger partial charge in [0.05, 0.1) is 11.9 Å². The molecule has 1 aromatic carbocycles. The fourth-order valence-corrected chi connectivity index (χ4v) is 7.27. The van der Waals surface area contributed by atoms with Crippen LogP contribution in [0.1, 0.15) is 25.0 Å². The van der Waals surface area contributed by atoms with Crippen molar-refractivity contribution in [2.45, 2.75) is 38.4 Å². The first-order valence-electron chi connectivity index (χ1n) is 16.3. The number of amides is 3. The van der Waals surface area contributed by atoms with Gasteiger partial charge in [-0.3, -0.25) is 9.78 Å². The van der Waals surface area contributed by atoms with Crippen molar-refractivity contribution in [3.8, 4) is 11.1 Å². The summed E-state index contributed by atoms with van der Waals surface area (Å²) in [5.41, 5.74) is 4.21. The first-order chi connectivity index (χ1) is 24.8. The van der Waals surface area contributed by atoms with Crippen molar-refractivity contribution < 1.29 is 32.7 Å². The maximum absolute atomic E-state index is 12.6. The number of fused-ring (bicyclic) bond motifs is 2. The van der Waals surface area contributed by atoms with Crippen LogP contribution in [0.25, 0.3) is 32.2 Å². The van der Waals surface area contributed by atoms with E-state index in [2.05, 4.69) is 52.7 Å². The number of benzene rings is 1.